The van der Waals surface area contributed by atoms with Gasteiger partial charge < -0.3 is 11.6 Å². The molecule has 5 heteroatoms. The molecule has 25 heavy (non-hydrogen) atoms. The number of benzene rings is 1. The van der Waals surface area contributed by atoms with E-state index in [2.05, 4.69) is 6.92 Å². The van der Waals surface area contributed by atoms with Crippen molar-refractivity contribution in [2.45, 2.75) is 76.5 Å². The second-order valence-electron chi connectivity index (χ2n) is 6.46. The zero-order chi connectivity index (χ0) is 17.8. The topological polar surface area (TPSA) is 74.6 Å². The van der Waals surface area contributed by atoms with Crippen molar-refractivity contribution < 1.29 is 50.8 Å². The van der Waals surface area contributed by atoms with E-state index in [9.17, 15) is 19.8 Å². The van der Waals surface area contributed by atoms with Crippen molar-refractivity contribution in [3.8, 4) is 0 Å². The molecule has 0 bridgehead atoms. The Bertz CT molecular complexity index is 494. The van der Waals surface area contributed by atoms with E-state index < -0.39 is 17.4 Å². The van der Waals surface area contributed by atoms with Crippen LogP contribution >= 0.6 is 0 Å². The van der Waals surface area contributed by atoms with Crippen molar-refractivity contribution in [1.29, 1.82) is 0 Å². The maximum absolute atomic E-state index is 11.7. The average molecular weight is 358 g/mol. The molecular formula is C20H31NaO4. The molecule has 0 radical (unpaired) electrons. The van der Waals surface area contributed by atoms with Gasteiger partial charge in [0, 0.05) is 0 Å². The van der Waals surface area contributed by atoms with Gasteiger partial charge in [-0.2, -0.15) is 0 Å². The summed E-state index contributed by atoms with van der Waals surface area (Å²) in [5.74, 6) is -2.55. The van der Waals surface area contributed by atoms with E-state index in [-0.39, 0.29) is 37.4 Å². The van der Waals surface area contributed by atoms with Crippen LogP contribution in [0.5, 0.6) is 0 Å². The Balaban J connectivity index is 0. The number of hydrogen-bond donors (Lipinski definition) is 2. The van der Waals surface area contributed by atoms with E-state index >= 15 is 0 Å². The second kappa shape index (κ2) is 13.4. The smallest absolute Gasteiger partial charge is 1.00 e. The summed E-state index contributed by atoms with van der Waals surface area (Å²) in [4.78, 5) is 23.5. The van der Waals surface area contributed by atoms with Gasteiger partial charge in [0.1, 0.15) is 0 Å². The fourth-order valence-corrected chi connectivity index (χ4v) is 3.12. The van der Waals surface area contributed by atoms with Gasteiger partial charge in [0.2, 0.25) is 0 Å². The quantitative estimate of drug-likeness (QED) is 0.322. The summed E-state index contributed by atoms with van der Waals surface area (Å²) in [6.07, 6.45) is 10.1. The number of carbonyl (C=O) groups is 2. The molecule has 0 atom stereocenters. The monoisotopic (exact) mass is 358 g/mol. The number of carboxylic acid groups (broad SMARTS) is 2. The van der Waals surface area contributed by atoms with Crippen LogP contribution in [0, 0.1) is 0 Å². The molecule has 136 valence electrons. The molecule has 2 N–H and O–H groups in total. The molecule has 4 nitrogen and oxygen atoms in total. The van der Waals surface area contributed by atoms with E-state index in [1.807, 2.05) is 0 Å². The third-order valence-electron chi connectivity index (χ3n) is 4.65. The molecule has 1 rings (SSSR count). The van der Waals surface area contributed by atoms with Crippen LogP contribution in [0.4, 0.5) is 0 Å². The first-order chi connectivity index (χ1) is 11.6. The van der Waals surface area contributed by atoms with Crippen LogP contribution in [0.1, 0.15) is 78.1 Å². The molecule has 0 saturated carbocycles. The summed E-state index contributed by atoms with van der Waals surface area (Å²) < 4.78 is 0. The molecule has 0 aliphatic heterocycles. The number of hydrogen-bond acceptors (Lipinski definition) is 2. The summed E-state index contributed by atoms with van der Waals surface area (Å²) in [6.45, 7) is 2.20. The maximum atomic E-state index is 11.7. The van der Waals surface area contributed by atoms with Crippen LogP contribution in [-0.2, 0) is 15.0 Å². The Hall–Kier alpha value is -0.840. The van der Waals surface area contributed by atoms with Gasteiger partial charge in [0.25, 0.3) is 0 Å². The van der Waals surface area contributed by atoms with Gasteiger partial charge in [0.05, 0.1) is 0 Å². The Labute approximate surface area is 174 Å². The minimum absolute atomic E-state index is 0. The van der Waals surface area contributed by atoms with Crippen molar-refractivity contribution in [2.75, 3.05) is 0 Å². The van der Waals surface area contributed by atoms with Gasteiger partial charge >= 0.3 is 41.5 Å². The Morgan fingerprint density at radius 2 is 1.28 bits per heavy atom. The van der Waals surface area contributed by atoms with Crippen molar-refractivity contribution in [3.63, 3.8) is 0 Å². The fraction of sp³-hybridized carbons (Fsp3) is 0.600. The van der Waals surface area contributed by atoms with Crippen LogP contribution < -0.4 is 29.6 Å². The minimum atomic E-state index is -1.83. The van der Waals surface area contributed by atoms with Gasteiger partial charge in [-0.3, -0.25) is 9.59 Å². The summed E-state index contributed by atoms with van der Waals surface area (Å²) >= 11 is 0. The molecule has 1 aromatic carbocycles. The van der Waals surface area contributed by atoms with Crippen molar-refractivity contribution in [1.82, 2.24) is 0 Å². The molecule has 0 spiro atoms. The minimum Gasteiger partial charge on any atom is -1.00 e. The van der Waals surface area contributed by atoms with E-state index in [0.717, 1.165) is 19.3 Å². The van der Waals surface area contributed by atoms with E-state index in [1.54, 1.807) is 30.3 Å². The van der Waals surface area contributed by atoms with Gasteiger partial charge in [-0.25, -0.2) is 0 Å². The van der Waals surface area contributed by atoms with Crippen LogP contribution in [-0.4, -0.2) is 22.2 Å². The molecule has 0 aliphatic rings. The zero-order valence-corrected chi connectivity index (χ0v) is 17.7. The van der Waals surface area contributed by atoms with E-state index in [4.69, 9.17) is 0 Å². The molecular weight excluding hydrogens is 327 g/mol. The Kier molecular flexibility index (Phi) is 12.9. The summed E-state index contributed by atoms with van der Waals surface area (Å²) in [6, 6.07) is 8.32. The standard InChI is InChI=1S/C20H30O4.Na.H/c1-2-3-4-5-6-7-8-9-13-16-20(18(21)22,19(23)24)17-14-11-10-12-15-17;;/h10-12,14-15H,2-9,13,16H2,1H3,(H,21,22)(H,23,24);;/q;+1;-1. The molecule has 0 heterocycles. The number of aliphatic carboxylic acids is 2. The van der Waals surface area contributed by atoms with Crippen LogP contribution in [0.3, 0.4) is 0 Å². The first-order valence-electron chi connectivity index (χ1n) is 9.08. The third kappa shape index (κ3) is 7.51. The largest absolute Gasteiger partial charge is 1.00 e. The summed E-state index contributed by atoms with van der Waals surface area (Å²) in [5, 5.41) is 19.2. The van der Waals surface area contributed by atoms with Crippen LogP contribution in [0.2, 0.25) is 0 Å². The molecule has 0 aliphatic carbocycles. The second-order valence-corrected chi connectivity index (χ2v) is 6.46. The predicted molar refractivity (Wildman–Crippen MR) is 96.3 cm³/mol. The van der Waals surface area contributed by atoms with Gasteiger partial charge in [-0.15, -0.1) is 0 Å². The van der Waals surface area contributed by atoms with E-state index in [0.29, 0.717) is 12.0 Å². The van der Waals surface area contributed by atoms with Crippen LogP contribution in [0.25, 0.3) is 0 Å². The SMILES string of the molecule is CCCCCCCCCCCC(C(=O)O)(C(=O)O)c1ccccc1.[H-].[Na+]. The number of carboxylic acids is 2. The molecule has 0 amide bonds. The molecule has 0 aromatic heterocycles. The Morgan fingerprint density at radius 1 is 0.840 bits per heavy atom. The average Bonchev–Trinajstić information content (AvgIpc) is 2.57. The zero-order valence-electron chi connectivity index (χ0n) is 16.7. The first-order valence-corrected chi connectivity index (χ1v) is 9.08. The summed E-state index contributed by atoms with van der Waals surface area (Å²) in [5.41, 5.74) is -1.48. The molecule has 0 saturated heterocycles. The van der Waals surface area contributed by atoms with Crippen molar-refractivity contribution in [2.24, 2.45) is 0 Å². The van der Waals surface area contributed by atoms with Crippen molar-refractivity contribution in [3.05, 3.63) is 35.9 Å². The normalized spacial score (nSPS) is 10.9. The molecule has 1 aromatic rings. The van der Waals surface area contributed by atoms with Gasteiger partial charge in [0.15, 0.2) is 5.41 Å². The van der Waals surface area contributed by atoms with E-state index in [1.165, 1.54) is 32.1 Å². The van der Waals surface area contributed by atoms with Gasteiger partial charge in [-0.1, -0.05) is 95.0 Å². The third-order valence-corrected chi connectivity index (χ3v) is 4.65. The summed E-state index contributed by atoms with van der Waals surface area (Å²) in [7, 11) is 0. The first kappa shape index (κ1) is 24.2. The van der Waals surface area contributed by atoms with Crippen molar-refractivity contribution >= 4 is 11.9 Å². The molecule has 0 fully saturated rings. The fourth-order valence-electron chi connectivity index (χ4n) is 3.12. The maximum Gasteiger partial charge on any atom is 1.00 e. The predicted octanol–water partition coefficient (Wildman–Crippen LogP) is 2.13. The van der Waals surface area contributed by atoms with Gasteiger partial charge in [-0.05, 0) is 12.0 Å². The van der Waals surface area contributed by atoms with Crippen LogP contribution in [0.15, 0.2) is 30.3 Å². The number of unbranched alkanes of at least 4 members (excludes halogenated alkanes) is 8. The number of rotatable bonds is 13. The molecule has 0 unspecified atom stereocenters. The Morgan fingerprint density at radius 3 is 1.72 bits per heavy atom.